The molecule has 3 rings (SSSR count). The summed E-state index contributed by atoms with van der Waals surface area (Å²) in [4.78, 5) is 19.0. The molecule has 6 nitrogen and oxygen atoms in total. The summed E-state index contributed by atoms with van der Waals surface area (Å²) in [7, 11) is 0. The second-order valence-corrected chi connectivity index (χ2v) is 7.28. The Morgan fingerprint density at radius 3 is 2.92 bits per heavy atom. The number of nitrogens with zero attached hydrogens (tertiary/aromatic N) is 3. The number of hydrogen-bond acceptors (Lipinski definition) is 5. The second-order valence-electron chi connectivity index (χ2n) is 6.84. The zero-order valence-electron chi connectivity index (χ0n) is 15.3. The lowest BCUT2D eigenvalue weighted by atomic mass is 10.0. The summed E-state index contributed by atoms with van der Waals surface area (Å²) in [5, 5.41) is 7.85. The van der Waals surface area contributed by atoms with Crippen molar-refractivity contribution in [3.63, 3.8) is 0 Å². The van der Waals surface area contributed by atoms with E-state index in [-0.39, 0.29) is 5.91 Å². The molecular weight excluding hydrogens is 352 g/mol. The van der Waals surface area contributed by atoms with Crippen LogP contribution >= 0.6 is 11.6 Å². The number of halogens is 1. The summed E-state index contributed by atoms with van der Waals surface area (Å²) in [5.41, 5.74) is 2.49. The van der Waals surface area contributed by atoms with E-state index < -0.39 is 0 Å². The van der Waals surface area contributed by atoms with E-state index in [0.29, 0.717) is 41.5 Å². The predicted molar refractivity (Wildman–Crippen MR) is 99.9 cm³/mol. The van der Waals surface area contributed by atoms with Gasteiger partial charge < -0.3 is 14.7 Å². The number of allylic oxidation sites excluding steroid dienone is 6. The number of rotatable bonds is 6. The fraction of sp³-hybridized carbons (Fsp3) is 0.421. The molecule has 2 bridgehead atoms. The minimum Gasteiger partial charge on any atom is -0.354 e. The van der Waals surface area contributed by atoms with Crippen molar-refractivity contribution in [2.24, 2.45) is 5.92 Å². The third-order valence-electron chi connectivity index (χ3n) is 4.11. The maximum absolute atomic E-state index is 12.9. The Morgan fingerprint density at radius 2 is 2.19 bits per heavy atom. The summed E-state index contributed by atoms with van der Waals surface area (Å²) in [6, 6.07) is 0. The van der Waals surface area contributed by atoms with Crippen LogP contribution in [0.5, 0.6) is 0 Å². The third-order valence-corrected chi connectivity index (χ3v) is 4.35. The van der Waals surface area contributed by atoms with E-state index in [2.05, 4.69) is 29.3 Å². The number of hydrogen-bond donors (Lipinski definition) is 1. The van der Waals surface area contributed by atoms with Crippen LogP contribution in [-0.4, -0.2) is 27.5 Å². The van der Waals surface area contributed by atoms with Crippen LogP contribution in [0.15, 0.2) is 50.8 Å². The van der Waals surface area contributed by atoms with Crippen LogP contribution in [0.3, 0.4) is 0 Å². The Bertz CT molecular complexity index is 817. The fourth-order valence-electron chi connectivity index (χ4n) is 2.88. The summed E-state index contributed by atoms with van der Waals surface area (Å²) in [6.45, 7) is 6.98. The monoisotopic (exact) mass is 374 g/mol. The molecule has 0 radical (unpaired) electrons. The van der Waals surface area contributed by atoms with Gasteiger partial charge in [0.25, 0.3) is 5.91 Å². The molecule has 0 saturated heterocycles. The van der Waals surface area contributed by atoms with Gasteiger partial charge in [0.15, 0.2) is 5.82 Å². The lowest BCUT2D eigenvalue weighted by molar-refractivity contribution is -0.128. The molecule has 0 fully saturated rings. The predicted octanol–water partition coefficient (Wildman–Crippen LogP) is 3.44. The molecule has 0 unspecified atom stereocenters. The molecule has 0 atom stereocenters. The second kappa shape index (κ2) is 7.91. The van der Waals surface area contributed by atoms with Crippen molar-refractivity contribution in [2.75, 3.05) is 6.54 Å². The average molecular weight is 375 g/mol. The summed E-state index contributed by atoms with van der Waals surface area (Å²) in [6.07, 6.45) is 8.93. The molecule has 1 aliphatic carbocycles. The molecule has 1 amide bonds. The van der Waals surface area contributed by atoms with E-state index >= 15 is 0 Å². The smallest absolute Gasteiger partial charge is 0.270 e. The van der Waals surface area contributed by atoms with Crippen molar-refractivity contribution in [3.8, 4) is 0 Å². The first-order valence-corrected chi connectivity index (χ1v) is 9.18. The topological polar surface area (TPSA) is 71.3 Å². The van der Waals surface area contributed by atoms with Crippen molar-refractivity contribution in [2.45, 2.75) is 40.2 Å². The van der Waals surface area contributed by atoms with Gasteiger partial charge in [0.2, 0.25) is 5.89 Å². The Balaban J connectivity index is 1.73. The van der Waals surface area contributed by atoms with Crippen LogP contribution in [0, 0.1) is 5.92 Å². The number of nitrogens with one attached hydrogen (secondary N) is 1. The van der Waals surface area contributed by atoms with Crippen LogP contribution < -0.4 is 5.32 Å². The summed E-state index contributed by atoms with van der Waals surface area (Å²) < 4.78 is 5.27. The molecule has 0 aromatic carbocycles. The van der Waals surface area contributed by atoms with Gasteiger partial charge in [-0.2, -0.15) is 4.98 Å². The van der Waals surface area contributed by atoms with Gasteiger partial charge in [0.05, 0.1) is 6.54 Å². The standard InChI is InChI=1S/C19H23ClN4O2/c1-4-24(11-17-22-18(26-23-17)7-12(2)3)19(25)16-10-13-8-14(20)5-6-15(9-13)21-16/h5-6,8,10,12,21H,4,7,9,11H2,1-3H3. The molecule has 0 saturated carbocycles. The highest BCUT2D eigenvalue weighted by Gasteiger charge is 2.24. The molecular formula is C19H23ClN4O2. The summed E-state index contributed by atoms with van der Waals surface area (Å²) >= 11 is 6.11. The van der Waals surface area contributed by atoms with E-state index in [1.54, 1.807) is 4.90 Å². The largest absolute Gasteiger partial charge is 0.354 e. The van der Waals surface area contributed by atoms with E-state index in [4.69, 9.17) is 16.1 Å². The van der Waals surface area contributed by atoms with E-state index in [1.165, 1.54) is 0 Å². The van der Waals surface area contributed by atoms with E-state index in [1.807, 2.05) is 31.2 Å². The zero-order chi connectivity index (χ0) is 18.7. The number of aromatic nitrogens is 2. The van der Waals surface area contributed by atoms with Gasteiger partial charge in [0, 0.05) is 30.1 Å². The molecule has 1 N–H and O–H groups in total. The average Bonchev–Trinajstić information content (AvgIpc) is 2.98. The minimum absolute atomic E-state index is 0.0998. The van der Waals surface area contributed by atoms with E-state index in [0.717, 1.165) is 24.1 Å². The molecule has 26 heavy (non-hydrogen) atoms. The number of likely N-dealkylation sites (N-methyl/N-ethyl adjacent to an activating group) is 1. The molecule has 1 aromatic heterocycles. The zero-order valence-corrected chi connectivity index (χ0v) is 16.0. The van der Waals surface area contributed by atoms with Crippen molar-refractivity contribution >= 4 is 17.5 Å². The Kier molecular flexibility index (Phi) is 5.61. The lowest BCUT2D eigenvalue weighted by Crippen LogP contribution is -2.37. The van der Waals surface area contributed by atoms with E-state index in [9.17, 15) is 4.79 Å². The van der Waals surface area contributed by atoms with Crippen LogP contribution in [0.2, 0.25) is 0 Å². The number of carbonyl (C=O) groups is 1. The quantitative estimate of drug-likeness (QED) is 0.825. The first-order chi connectivity index (χ1) is 12.4. The van der Waals surface area contributed by atoms with Crippen molar-refractivity contribution in [3.05, 3.63) is 58.0 Å². The summed E-state index contributed by atoms with van der Waals surface area (Å²) in [5.74, 6) is 1.47. The normalized spacial score (nSPS) is 16.2. The SMILES string of the molecule is CCN(Cc1noc(CC(C)C)n1)C(=O)C1=CC2=CC(Cl)=CC=C(C2)N1. The third kappa shape index (κ3) is 4.43. The number of fused-ring (bicyclic) bond motifs is 2. The number of carbonyl (C=O) groups excluding carboxylic acids is 1. The molecule has 1 aromatic rings. The van der Waals surface area contributed by atoms with Crippen LogP contribution in [0.1, 0.15) is 38.9 Å². The lowest BCUT2D eigenvalue weighted by Gasteiger charge is -2.25. The van der Waals surface area contributed by atoms with Gasteiger partial charge >= 0.3 is 0 Å². The van der Waals surface area contributed by atoms with Gasteiger partial charge in [0.1, 0.15) is 5.70 Å². The molecule has 2 aliphatic rings. The van der Waals surface area contributed by atoms with Crippen LogP contribution in [0.4, 0.5) is 0 Å². The first-order valence-electron chi connectivity index (χ1n) is 8.81. The van der Waals surface area contributed by atoms with Crippen molar-refractivity contribution in [1.82, 2.24) is 20.4 Å². The van der Waals surface area contributed by atoms with Crippen molar-refractivity contribution in [1.29, 1.82) is 0 Å². The van der Waals surface area contributed by atoms with Gasteiger partial charge in [-0.3, -0.25) is 4.79 Å². The highest BCUT2D eigenvalue weighted by Crippen LogP contribution is 2.25. The Morgan fingerprint density at radius 1 is 1.38 bits per heavy atom. The number of amides is 1. The molecule has 1 aliphatic heterocycles. The maximum Gasteiger partial charge on any atom is 0.270 e. The Labute approximate surface area is 158 Å². The molecule has 7 heteroatoms. The Hall–Kier alpha value is -2.34. The highest BCUT2D eigenvalue weighted by molar-refractivity contribution is 6.31. The fourth-order valence-corrected chi connectivity index (χ4v) is 3.08. The molecule has 138 valence electrons. The van der Waals surface area contributed by atoms with Gasteiger partial charge in [-0.1, -0.05) is 30.6 Å². The van der Waals surface area contributed by atoms with Gasteiger partial charge in [-0.05, 0) is 42.7 Å². The van der Waals surface area contributed by atoms with Gasteiger partial charge in [-0.25, -0.2) is 0 Å². The molecule has 2 heterocycles. The van der Waals surface area contributed by atoms with Crippen LogP contribution in [-0.2, 0) is 17.8 Å². The highest BCUT2D eigenvalue weighted by atomic mass is 35.5. The van der Waals surface area contributed by atoms with Crippen LogP contribution in [0.25, 0.3) is 0 Å². The first kappa shape index (κ1) is 18.5. The maximum atomic E-state index is 12.9. The molecule has 0 spiro atoms. The van der Waals surface area contributed by atoms with Gasteiger partial charge in [-0.15, -0.1) is 0 Å². The minimum atomic E-state index is -0.0998. The van der Waals surface area contributed by atoms with Crippen molar-refractivity contribution < 1.29 is 9.32 Å².